The Kier molecular flexibility index (Phi) is 9.22. The van der Waals surface area contributed by atoms with Crippen molar-refractivity contribution >= 4 is 79.5 Å². The summed E-state index contributed by atoms with van der Waals surface area (Å²) >= 11 is 6.95. The number of ether oxygens (including phenoxy) is 1. The monoisotopic (exact) mass is 660 g/mol. The highest BCUT2D eigenvalue weighted by molar-refractivity contribution is 14.3. The number of halogens is 3. The number of hydrogen-bond donors (Lipinski definition) is 1. The standard InChI is InChI=1S/C14H22N2O3.CHI3/c1-5-10-7-14(10,9(2)17)15-13(18)12-6-11(19-4)8-16(12)3;2-1(3)4/h5,10-12H,1,6-8H2,2-4H3,(H,15,18);1H. The fraction of sp³-hybridized carbons (Fsp3) is 0.733. The molecule has 132 valence electrons. The highest BCUT2D eigenvalue weighted by atomic mass is 127. The SMILES string of the molecule is C=CC1CC1(NC(=O)C1CC(OC)CN1C)C(C)=O.IC(I)I. The van der Waals surface area contributed by atoms with E-state index in [0.717, 1.165) is 6.48 Å². The zero-order chi connectivity index (χ0) is 17.8. The van der Waals surface area contributed by atoms with Crippen molar-refractivity contribution in [2.75, 3.05) is 20.7 Å². The molecule has 1 saturated carbocycles. The minimum Gasteiger partial charge on any atom is -0.380 e. The average molecular weight is 660 g/mol. The van der Waals surface area contributed by atoms with Crippen molar-refractivity contribution in [2.24, 2.45) is 5.92 Å². The predicted molar refractivity (Wildman–Crippen MR) is 118 cm³/mol. The average Bonchev–Trinajstić information content (AvgIpc) is 3.04. The predicted octanol–water partition coefficient (Wildman–Crippen LogP) is 2.93. The van der Waals surface area contributed by atoms with Gasteiger partial charge in [-0.2, -0.15) is 0 Å². The van der Waals surface area contributed by atoms with Gasteiger partial charge in [-0.1, -0.05) is 73.8 Å². The lowest BCUT2D eigenvalue weighted by Gasteiger charge is -2.22. The molecule has 5 nitrogen and oxygen atoms in total. The van der Waals surface area contributed by atoms with Gasteiger partial charge in [0.05, 0.1) is 12.1 Å². The van der Waals surface area contributed by atoms with E-state index < -0.39 is 5.54 Å². The third-order valence-corrected chi connectivity index (χ3v) is 4.42. The lowest BCUT2D eigenvalue weighted by atomic mass is 10.1. The summed E-state index contributed by atoms with van der Waals surface area (Å²) in [5.74, 6) is -0.00447. The van der Waals surface area contributed by atoms with E-state index in [1.807, 2.05) is 11.9 Å². The maximum atomic E-state index is 12.3. The summed E-state index contributed by atoms with van der Waals surface area (Å²) in [5.41, 5.74) is -0.704. The molecule has 1 aliphatic heterocycles. The topological polar surface area (TPSA) is 58.6 Å². The van der Waals surface area contributed by atoms with Crippen molar-refractivity contribution in [3.8, 4) is 0 Å². The molecule has 1 amide bonds. The van der Waals surface area contributed by atoms with Crippen LogP contribution < -0.4 is 5.32 Å². The van der Waals surface area contributed by atoms with Crippen LogP contribution in [-0.4, -0.2) is 54.9 Å². The molecule has 0 bridgehead atoms. The summed E-state index contributed by atoms with van der Waals surface area (Å²) in [6, 6.07) is -0.216. The first-order valence-electron chi connectivity index (χ1n) is 7.28. The van der Waals surface area contributed by atoms with Gasteiger partial charge < -0.3 is 10.1 Å². The fourth-order valence-corrected chi connectivity index (χ4v) is 2.94. The van der Waals surface area contributed by atoms with E-state index in [0.29, 0.717) is 12.8 Å². The number of Topliss-reactive ketones (excluding diaryl/α,β-unsaturated/α-hetero) is 1. The molecular formula is C15H23I3N2O3. The number of likely N-dealkylation sites (N-methyl/N-ethyl adjacent to an activating group) is 1. The van der Waals surface area contributed by atoms with Crippen LogP contribution in [0.4, 0.5) is 0 Å². The molecule has 2 rings (SSSR count). The number of ketones is 1. The quantitative estimate of drug-likeness (QED) is 0.280. The van der Waals surface area contributed by atoms with Gasteiger partial charge in [0.1, 0.15) is 5.48 Å². The highest BCUT2D eigenvalue weighted by Crippen LogP contribution is 2.45. The molecule has 0 aromatic heterocycles. The molecule has 0 aromatic carbocycles. The van der Waals surface area contributed by atoms with Gasteiger partial charge in [-0.05, 0) is 26.8 Å². The summed E-state index contributed by atoms with van der Waals surface area (Å²) < 4.78 is 6.04. The van der Waals surface area contributed by atoms with Crippen molar-refractivity contribution in [3.63, 3.8) is 0 Å². The van der Waals surface area contributed by atoms with Crippen LogP contribution in [0.5, 0.6) is 0 Å². The van der Waals surface area contributed by atoms with Crippen molar-refractivity contribution < 1.29 is 14.3 Å². The molecule has 2 aliphatic rings. The summed E-state index contributed by atoms with van der Waals surface area (Å²) in [7, 11) is 3.56. The number of rotatable bonds is 5. The lowest BCUT2D eigenvalue weighted by Crippen LogP contribution is -2.50. The summed E-state index contributed by atoms with van der Waals surface area (Å²) in [4.78, 5) is 26.1. The lowest BCUT2D eigenvalue weighted by molar-refractivity contribution is -0.130. The molecule has 1 heterocycles. The number of nitrogens with one attached hydrogen (secondary N) is 1. The van der Waals surface area contributed by atoms with E-state index in [4.69, 9.17) is 4.74 Å². The van der Waals surface area contributed by atoms with Crippen molar-refractivity contribution in [1.82, 2.24) is 10.2 Å². The number of likely N-dealkylation sites (tertiary alicyclic amines) is 1. The van der Waals surface area contributed by atoms with Crippen LogP contribution in [0.25, 0.3) is 0 Å². The highest BCUT2D eigenvalue weighted by Gasteiger charge is 2.58. The second-order valence-corrected chi connectivity index (χ2v) is 16.7. The number of hydrogen-bond acceptors (Lipinski definition) is 4. The maximum absolute atomic E-state index is 12.3. The van der Waals surface area contributed by atoms with E-state index in [-0.39, 0.29) is 29.8 Å². The Morgan fingerprint density at radius 3 is 2.35 bits per heavy atom. The Morgan fingerprint density at radius 2 is 2.00 bits per heavy atom. The Balaban J connectivity index is 0.000000593. The van der Waals surface area contributed by atoms with Crippen molar-refractivity contribution in [1.29, 1.82) is 0 Å². The van der Waals surface area contributed by atoms with Gasteiger partial charge in [-0.3, -0.25) is 14.5 Å². The Labute approximate surface area is 179 Å². The van der Waals surface area contributed by atoms with Gasteiger partial charge in [0.15, 0.2) is 5.78 Å². The zero-order valence-corrected chi connectivity index (χ0v) is 20.0. The Morgan fingerprint density at radius 1 is 1.43 bits per heavy atom. The smallest absolute Gasteiger partial charge is 0.238 e. The molecule has 23 heavy (non-hydrogen) atoms. The van der Waals surface area contributed by atoms with Crippen LogP contribution in [0.2, 0.25) is 0 Å². The van der Waals surface area contributed by atoms with Gasteiger partial charge in [-0.15, -0.1) is 6.58 Å². The minimum absolute atomic E-state index is 0.00897. The molecular weight excluding hydrogens is 637 g/mol. The summed E-state index contributed by atoms with van der Waals surface area (Å²) in [6.07, 6.45) is 3.18. The summed E-state index contributed by atoms with van der Waals surface area (Å²) in [5, 5.41) is 2.93. The Bertz CT molecular complexity index is 458. The van der Waals surface area contributed by atoms with E-state index >= 15 is 0 Å². The maximum Gasteiger partial charge on any atom is 0.238 e. The normalized spacial score (nSPS) is 32.9. The van der Waals surface area contributed by atoms with E-state index in [1.165, 1.54) is 6.92 Å². The number of nitrogens with zero attached hydrogens (tertiary/aromatic N) is 1. The first-order valence-corrected chi connectivity index (χ1v) is 11.0. The molecule has 0 spiro atoms. The van der Waals surface area contributed by atoms with Crippen LogP contribution in [0.15, 0.2) is 12.7 Å². The largest absolute Gasteiger partial charge is 0.380 e. The molecule has 1 saturated heterocycles. The first kappa shape index (κ1) is 22.0. The molecule has 1 aliphatic carbocycles. The molecule has 4 atom stereocenters. The molecule has 1 N–H and O–H groups in total. The first-order chi connectivity index (χ1) is 10.7. The third kappa shape index (κ3) is 6.03. The van der Waals surface area contributed by atoms with Crippen molar-refractivity contribution in [3.05, 3.63) is 12.7 Å². The van der Waals surface area contributed by atoms with E-state index in [9.17, 15) is 9.59 Å². The van der Waals surface area contributed by atoms with Crippen molar-refractivity contribution in [2.45, 2.75) is 37.4 Å². The molecule has 4 unspecified atom stereocenters. The van der Waals surface area contributed by atoms with Crippen LogP contribution in [0, 0.1) is 5.92 Å². The number of carbonyl (C=O) groups excluding carboxylic acids is 2. The second-order valence-electron chi connectivity index (χ2n) is 5.86. The van der Waals surface area contributed by atoms with Crippen LogP contribution in [0.1, 0.15) is 19.8 Å². The number of alkyl halides is 3. The Hall–Kier alpha value is 0.990. The minimum atomic E-state index is -0.704. The second kappa shape index (κ2) is 9.62. The molecule has 0 aromatic rings. The molecule has 2 fully saturated rings. The fourth-order valence-electron chi connectivity index (χ4n) is 2.94. The van der Waals surface area contributed by atoms with Gasteiger partial charge >= 0.3 is 0 Å². The summed E-state index contributed by atoms with van der Waals surface area (Å²) in [6.45, 7) is 5.98. The third-order valence-electron chi connectivity index (χ3n) is 4.42. The van der Waals surface area contributed by atoms with Crippen LogP contribution >= 0.6 is 67.8 Å². The zero-order valence-electron chi connectivity index (χ0n) is 13.5. The van der Waals surface area contributed by atoms with Gasteiger partial charge in [-0.25, -0.2) is 0 Å². The molecule has 8 heteroatoms. The van der Waals surface area contributed by atoms with E-state index in [1.54, 1.807) is 13.2 Å². The van der Waals surface area contributed by atoms with Gasteiger partial charge in [0.25, 0.3) is 0 Å². The molecule has 0 radical (unpaired) electrons. The van der Waals surface area contributed by atoms with Gasteiger partial charge in [0, 0.05) is 19.6 Å². The van der Waals surface area contributed by atoms with E-state index in [2.05, 4.69) is 79.7 Å². The van der Waals surface area contributed by atoms with Gasteiger partial charge in [0.2, 0.25) is 5.91 Å². The number of carbonyl (C=O) groups is 2. The number of amides is 1. The van der Waals surface area contributed by atoms with Crippen LogP contribution in [0.3, 0.4) is 0 Å². The van der Waals surface area contributed by atoms with Crippen LogP contribution in [-0.2, 0) is 14.3 Å². The number of methoxy groups -OCH3 is 1.